The average Bonchev–Trinajstić information content (AvgIpc) is 2.59. The van der Waals surface area contributed by atoms with E-state index in [-0.39, 0.29) is 6.04 Å². The summed E-state index contributed by atoms with van der Waals surface area (Å²) in [6.07, 6.45) is 2.96. The van der Waals surface area contributed by atoms with Gasteiger partial charge in [0.2, 0.25) is 0 Å². The molecule has 1 aliphatic carbocycles. The van der Waals surface area contributed by atoms with Gasteiger partial charge in [0.1, 0.15) is 0 Å². The summed E-state index contributed by atoms with van der Waals surface area (Å²) >= 11 is 0. The van der Waals surface area contributed by atoms with Crippen LogP contribution >= 0.6 is 0 Å². The Labute approximate surface area is 83.3 Å². The maximum atomic E-state index is 11.7. The number of nitrogens with one attached hydrogen (secondary N) is 1. The van der Waals surface area contributed by atoms with Gasteiger partial charge in [-0.1, -0.05) is 18.2 Å². The van der Waals surface area contributed by atoms with Gasteiger partial charge < -0.3 is 5.32 Å². The molecule has 0 amide bonds. The van der Waals surface area contributed by atoms with Gasteiger partial charge in [-0.05, 0) is 24.5 Å². The van der Waals surface area contributed by atoms with Crippen molar-refractivity contribution in [3.05, 3.63) is 29.8 Å². The first-order valence-corrected chi connectivity index (χ1v) is 5.24. The van der Waals surface area contributed by atoms with Crippen LogP contribution in [0.1, 0.15) is 30.7 Å². The molecule has 72 valence electrons. The summed E-state index contributed by atoms with van der Waals surface area (Å²) in [7, 11) is 0. The van der Waals surface area contributed by atoms with Gasteiger partial charge >= 0.3 is 0 Å². The first-order valence-electron chi connectivity index (χ1n) is 5.24. The van der Waals surface area contributed by atoms with Gasteiger partial charge in [-0.25, -0.2) is 0 Å². The zero-order valence-electron chi connectivity index (χ0n) is 7.99. The standard InChI is InChI=1S/C12H13NO/c14-11-7-3-5-9-8-4-1-2-6-10(8)13-12(9)11/h1-2,4,6,9,12-13H,3,5,7H2/t9-,12+/m1/s1. The van der Waals surface area contributed by atoms with Crippen molar-refractivity contribution in [1.82, 2.24) is 0 Å². The van der Waals surface area contributed by atoms with E-state index in [1.807, 2.05) is 6.07 Å². The van der Waals surface area contributed by atoms with Gasteiger partial charge in [0.25, 0.3) is 0 Å². The van der Waals surface area contributed by atoms with Crippen molar-refractivity contribution in [3.8, 4) is 0 Å². The average molecular weight is 187 g/mol. The van der Waals surface area contributed by atoms with Gasteiger partial charge in [-0.2, -0.15) is 0 Å². The topological polar surface area (TPSA) is 29.1 Å². The molecule has 1 heterocycles. The van der Waals surface area contributed by atoms with E-state index in [0.29, 0.717) is 11.7 Å². The molecule has 2 aliphatic rings. The molecular formula is C12H13NO. The van der Waals surface area contributed by atoms with Crippen molar-refractivity contribution < 1.29 is 4.79 Å². The predicted molar refractivity (Wildman–Crippen MR) is 55.5 cm³/mol. The van der Waals surface area contributed by atoms with Crippen LogP contribution in [0.3, 0.4) is 0 Å². The Kier molecular flexibility index (Phi) is 1.63. The van der Waals surface area contributed by atoms with Crippen LogP contribution in [0.5, 0.6) is 0 Å². The summed E-state index contributed by atoms with van der Waals surface area (Å²) in [6, 6.07) is 8.36. The fraction of sp³-hybridized carbons (Fsp3) is 0.417. The Hall–Kier alpha value is -1.31. The number of rotatable bonds is 0. The third-order valence-corrected chi connectivity index (χ3v) is 3.36. The van der Waals surface area contributed by atoms with Crippen molar-refractivity contribution in [2.45, 2.75) is 31.2 Å². The Bertz CT molecular complexity index is 386. The third-order valence-electron chi connectivity index (χ3n) is 3.36. The maximum Gasteiger partial charge on any atom is 0.155 e. The fourth-order valence-corrected chi connectivity index (χ4v) is 2.68. The lowest BCUT2D eigenvalue weighted by Gasteiger charge is -2.23. The van der Waals surface area contributed by atoms with Gasteiger partial charge in [0.05, 0.1) is 6.04 Å². The number of hydrogen-bond donors (Lipinski definition) is 1. The molecule has 1 N–H and O–H groups in total. The highest BCUT2D eigenvalue weighted by atomic mass is 16.1. The smallest absolute Gasteiger partial charge is 0.155 e. The molecule has 1 fully saturated rings. The van der Waals surface area contributed by atoms with Crippen molar-refractivity contribution in [2.75, 3.05) is 5.32 Å². The molecule has 0 aromatic heterocycles. The molecule has 0 spiro atoms. The number of ketones is 1. The number of fused-ring (bicyclic) bond motifs is 3. The van der Waals surface area contributed by atoms with Crippen LogP contribution in [0.15, 0.2) is 24.3 Å². The molecule has 0 saturated heterocycles. The van der Waals surface area contributed by atoms with Crippen molar-refractivity contribution in [1.29, 1.82) is 0 Å². The minimum absolute atomic E-state index is 0.0705. The fourth-order valence-electron chi connectivity index (χ4n) is 2.68. The van der Waals surface area contributed by atoms with Crippen LogP contribution in [-0.2, 0) is 4.79 Å². The molecule has 2 heteroatoms. The lowest BCUT2D eigenvalue weighted by molar-refractivity contribution is -0.121. The van der Waals surface area contributed by atoms with E-state index in [1.54, 1.807) is 0 Å². The van der Waals surface area contributed by atoms with E-state index >= 15 is 0 Å². The first-order chi connectivity index (χ1) is 6.86. The molecule has 3 rings (SSSR count). The Morgan fingerprint density at radius 1 is 1.29 bits per heavy atom. The normalized spacial score (nSPS) is 29.3. The van der Waals surface area contributed by atoms with Crippen LogP contribution in [-0.4, -0.2) is 11.8 Å². The molecule has 2 nitrogen and oxygen atoms in total. The Balaban J connectivity index is 2.04. The third kappa shape index (κ3) is 0.999. The predicted octanol–water partition coefficient (Wildman–Crippen LogP) is 2.32. The van der Waals surface area contributed by atoms with Gasteiger partial charge in [0.15, 0.2) is 5.78 Å². The van der Waals surface area contributed by atoms with E-state index in [0.717, 1.165) is 24.9 Å². The summed E-state index contributed by atoms with van der Waals surface area (Å²) in [5, 5.41) is 3.34. The molecule has 1 aromatic rings. The maximum absolute atomic E-state index is 11.7. The molecule has 2 atom stereocenters. The molecule has 14 heavy (non-hydrogen) atoms. The van der Waals surface area contributed by atoms with Crippen LogP contribution in [0.2, 0.25) is 0 Å². The number of Topliss-reactive ketones (excluding diaryl/α,β-unsaturated/α-hetero) is 1. The quantitative estimate of drug-likeness (QED) is 0.675. The second-order valence-corrected chi connectivity index (χ2v) is 4.17. The van der Waals surface area contributed by atoms with Crippen molar-refractivity contribution >= 4 is 11.5 Å². The van der Waals surface area contributed by atoms with Crippen LogP contribution in [0.25, 0.3) is 0 Å². The summed E-state index contributed by atoms with van der Waals surface area (Å²) in [4.78, 5) is 11.7. The highest BCUT2D eigenvalue weighted by Gasteiger charge is 2.38. The van der Waals surface area contributed by atoms with Crippen LogP contribution < -0.4 is 5.32 Å². The van der Waals surface area contributed by atoms with E-state index in [9.17, 15) is 4.79 Å². The minimum atomic E-state index is 0.0705. The van der Waals surface area contributed by atoms with E-state index in [2.05, 4.69) is 23.5 Å². The molecule has 1 aliphatic heterocycles. The van der Waals surface area contributed by atoms with E-state index in [4.69, 9.17) is 0 Å². The van der Waals surface area contributed by atoms with Gasteiger partial charge in [-0.3, -0.25) is 4.79 Å². The number of hydrogen-bond acceptors (Lipinski definition) is 2. The van der Waals surface area contributed by atoms with Crippen molar-refractivity contribution in [2.24, 2.45) is 0 Å². The number of benzene rings is 1. The minimum Gasteiger partial charge on any atom is -0.375 e. The van der Waals surface area contributed by atoms with Crippen LogP contribution in [0, 0.1) is 0 Å². The lowest BCUT2D eigenvalue weighted by atomic mass is 9.82. The number of carbonyl (C=O) groups excluding carboxylic acids is 1. The summed E-state index contributed by atoms with van der Waals surface area (Å²) in [5.74, 6) is 0.824. The largest absolute Gasteiger partial charge is 0.375 e. The zero-order valence-corrected chi connectivity index (χ0v) is 7.99. The molecular weight excluding hydrogens is 174 g/mol. The molecule has 1 aromatic carbocycles. The van der Waals surface area contributed by atoms with Gasteiger partial charge in [0, 0.05) is 18.0 Å². The molecule has 0 unspecified atom stereocenters. The van der Waals surface area contributed by atoms with Gasteiger partial charge in [-0.15, -0.1) is 0 Å². The molecule has 0 radical (unpaired) electrons. The SMILES string of the molecule is O=C1CCC[C@@H]2c3ccccc3N[C@H]12. The monoisotopic (exact) mass is 187 g/mol. The molecule has 0 bridgehead atoms. The lowest BCUT2D eigenvalue weighted by Crippen LogP contribution is -2.33. The Morgan fingerprint density at radius 3 is 3.07 bits per heavy atom. The summed E-state index contributed by atoms with van der Waals surface area (Å²) in [5.41, 5.74) is 2.50. The van der Waals surface area contributed by atoms with E-state index in [1.165, 1.54) is 5.56 Å². The second-order valence-electron chi connectivity index (χ2n) is 4.17. The van der Waals surface area contributed by atoms with Crippen molar-refractivity contribution in [3.63, 3.8) is 0 Å². The number of para-hydroxylation sites is 1. The zero-order chi connectivity index (χ0) is 9.54. The van der Waals surface area contributed by atoms with E-state index < -0.39 is 0 Å². The number of carbonyl (C=O) groups is 1. The summed E-state index contributed by atoms with van der Waals surface area (Å²) < 4.78 is 0. The first kappa shape index (κ1) is 8.04. The highest BCUT2D eigenvalue weighted by Crippen LogP contribution is 2.41. The number of anilines is 1. The second kappa shape index (κ2) is 2.84. The highest BCUT2D eigenvalue weighted by molar-refractivity contribution is 5.91. The Morgan fingerprint density at radius 2 is 2.14 bits per heavy atom. The molecule has 1 saturated carbocycles. The van der Waals surface area contributed by atoms with Crippen LogP contribution in [0.4, 0.5) is 5.69 Å². The summed E-state index contributed by atoms with van der Waals surface area (Å²) in [6.45, 7) is 0.